The highest BCUT2D eigenvalue weighted by atomic mass is 19.1. The van der Waals surface area contributed by atoms with Gasteiger partial charge in [-0.1, -0.05) is 31.2 Å². The largest absolute Gasteiger partial charge is 0.368 e. The number of carbonyl (C=O) groups excluding carboxylic acids is 2. The van der Waals surface area contributed by atoms with Gasteiger partial charge in [0.05, 0.1) is 5.56 Å². The van der Waals surface area contributed by atoms with Crippen LogP contribution < -0.4 is 10.2 Å². The molecule has 5 nitrogen and oxygen atoms in total. The van der Waals surface area contributed by atoms with E-state index < -0.39 is 11.7 Å². The zero-order valence-electron chi connectivity index (χ0n) is 18.1. The summed E-state index contributed by atoms with van der Waals surface area (Å²) in [5, 5.41) is 2.73. The van der Waals surface area contributed by atoms with E-state index in [1.807, 2.05) is 41.3 Å². The third-order valence-corrected chi connectivity index (χ3v) is 5.78. The van der Waals surface area contributed by atoms with Crippen LogP contribution in [0, 0.1) is 5.82 Å². The Kier molecular flexibility index (Phi) is 6.50. The molecule has 164 valence electrons. The quantitative estimate of drug-likeness (QED) is 0.642. The summed E-state index contributed by atoms with van der Waals surface area (Å²) < 4.78 is 13.8. The van der Waals surface area contributed by atoms with Gasteiger partial charge in [-0.3, -0.25) is 9.59 Å². The van der Waals surface area contributed by atoms with Crippen LogP contribution in [0.3, 0.4) is 0 Å². The molecule has 1 fully saturated rings. The molecule has 1 heterocycles. The minimum absolute atomic E-state index is 0.0155. The monoisotopic (exact) mass is 431 g/mol. The molecule has 1 N–H and O–H groups in total. The molecule has 1 aliphatic rings. The van der Waals surface area contributed by atoms with E-state index in [4.69, 9.17) is 0 Å². The van der Waals surface area contributed by atoms with Gasteiger partial charge in [-0.25, -0.2) is 4.39 Å². The Bertz CT molecular complexity index is 1090. The highest BCUT2D eigenvalue weighted by Gasteiger charge is 2.22. The van der Waals surface area contributed by atoms with Crippen LogP contribution in [0.4, 0.5) is 15.8 Å². The highest BCUT2D eigenvalue weighted by molar-refractivity contribution is 6.04. The van der Waals surface area contributed by atoms with Gasteiger partial charge in [0.1, 0.15) is 5.82 Å². The number of carbonyl (C=O) groups is 2. The fourth-order valence-corrected chi connectivity index (χ4v) is 3.83. The predicted molar refractivity (Wildman–Crippen MR) is 125 cm³/mol. The summed E-state index contributed by atoms with van der Waals surface area (Å²) >= 11 is 0. The molecule has 6 heteroatoms. The Morgan fingerprint density at radius 2 is 1.53 bits per heavy atom. The first-order valence-corrected chi connectivity index (χ1v) is 10.8. The van der Waals surface area contributed by atoms with Crippen LogP contribution in [-0.4, -0.2) is 42.9 Å². The van der Waals surface area contributed by atoms with Crippen LogP contribution in [0.1, 0.15) is 33.2 Å². The minimum atomic E-state index is -0.546. The number of aryl methyl sites for hydroxylation is 1. The third kappa shape index (κ3) is 4.80. The lowest BCUT2D eigenvalue weighted by atomic mass is 10.1. The van der Waals surface area contributed by atoms with Crippen LogP contribution in [0.5, 0.6) is 0 Å². The Labute approximate surface area is 187 Å². The summed E-state index contributed by atoms with van der Waals surface area (Å²) in [6.45, 7) is 4.87. The fraction of sp³-hybridized carbons (Fsp3) is 0.231. The zero-order chi connectivity index (χ0) is 22.5. The zero-order valence-corrected chi connectivity index (χ0v) is 18.1. The second-order valence-corrected chi connectivity index (χ2v) is 7.81. The van der Waals surface area contributed by atoms with E-state index >= 15 is 0 Å². The van der Waals surface area contributed by atoms with Crippen molar-refractivity contribution < 1.29 is 14.0 Å². The van der Waals surface area contributed by atoms with Gasteiger partial charge in [0, 0.05) is 43.1 Å². The molecular formula is C26H26FN3O2. The average Bonchev–Trinajstić information content (AvgIpc) is 2.84. The lowest BCUT2D eigenvalue weighted by molar-refractivity contribution is 0.0746. The molecule has 0 bridgehead atoms. The number of nitrogens with one attached hydrogen (secondary N) is 1. The van der Waals surface area contributed by atoms with Gasteiger partial charge in [0.25, 0.3) is 11.8 Å². The standard InChI is InChI=1S/C26H26FN3O2/c1-2-19-7-9-20(10-8-19)26(32)30-17-15-29(16-18-30)22-13-11-21(12-14-22)28-25(31)23-5-3-4-6-24(23)27/h3-14H,2,15-18H2,1H3,(H,28,31). The molecule has 0 saturated carbocycles. The van der Waals surface area contributed by atoms with Crippen LogP contribution in [0.15, 0.2) is 72.8 Å². The molecule has 1 aliphatic heterocycles. The van der Waals surface area contributed by atoms with Crippen molar-refractivity contribution in [3.63, 3.8) is 0 Å². The van der Waals surface area contributed by atoms with E-state index in [0.717, 1.165) is 30.8 Å². The van der Waals surface area contributed by atoms with Gasteiger partial charge in [-0.2, -0.15) is 0 Å². The van der Waals surface area contributed by atoms with Gasteiger partial charge in [-0.15, -0.1) is 0 Å². The normalized spacial score (nSPS) is 13.7. The van der Waals surface area contributed by atoms with Crippen LogP contribution in [0.25, 0.3) is 0 Å². The van der Waals surface area contributed by atoms with E-state index in [9.17, 15) is 14.0 Å². The summed E-state index contributed by atoms with van der Waals surface area (Å²) in [6, 6.07) is 21.2. The number of amides is 2. The molecular weight excluding hydrogens is 405 g/mol. The molecule has 2 amide bonds. The summed E-state index contributed by atoms with van der Waals surface area (Å²) in [6.07, 6.45) is 0.957. The molecule has 0 aliphatic carbocycles. The van der Waals surface area contributed by atoms with Crippen LogP contribution >= 0.6 is 0 Å². The summed E-state index contributed by atoms with van der Waals surface area (Å²) in [4.78, 5) is 29.2. The Hall–Kier alpha value is -3.67. The Balaban J connectivity index is 1.33. The predicted octanol–water partition coefficient (Wildman–Crippen LogP) is 4.60. The Morgan fingerprint density at radius 3 is 2.16 bits per heavy atom. The number of rotatable bonds is 5. The fourth-order valence-electron chi connectivity index (χ4n) is 3.83. The average molecular weight is 432 g/mol. The number of halogens is 1. The van der Waals surface area contributed by atoms with E-state index in [1.165, 1.54) is 17.7 Å². The van der Waals surface area contributed by atoms with Crippen molar-refractivity contribution in [3.8, 4) is 0 Å². The van der Waals surface area contributed by atoms with E-state index in [1.54, 1.807) is 24.3 Å². The molecule has 32 heavy (non-hydrogen) atoms. The second-order valence-electron chi connectivity index (χ2n) is 7.81. The minimum Gasteiger partial charge on any atom is -0.368 e. The molecule has 0 aromatic heterocycles. The van der Waals surface area contributed by atoms with Crippen molar-refractivity contribution in [2.45, 2.75) is 13.3 Å². The van der Waals surface area contributed by atoms with Crippen molar-refractivity contribution in [3.05, 3.63) is 95.3 Å². The molecule has 0 unspecified atom stereocenters. The molecule has 3 aromatic carbocycles. The van der Waals surface area contributed by atoms with Gasteiger partial charge in [0.15, 0.2) is 0 Å². The summed E-state index contributed by atoms with van der Waals surface area (Å²) in [5.74, 6) is -0.955. The van der Waals surface area contributed by atoms with Gasteiger partial charge < -0.3 is 15.1 Å². The van der Waals surface area contributed by atoms with Crippen molar-refractivity contribution in [2.24, 2.45) is 0 Å². The van der Waals surface area contributed by atoms with E-state index in [-0.39, 0.29) is 11.5 Å². The highest BCUT2D eigenvalue weighted by Crippen LogP contribution is 2.21. The summed E-state index contributed by atoms with van der Waals surface area (Å²) in [7, 11) is 0. The molecule has 3 aromatic rings. The number of hydrogen-bond acceptors (Lipinski definition) is 3. The smallest absolute Gasteiger partial charge is 0.258 e. The maximum atomic E-state index is 13.8. The number of nitrogens with zero attached hydrogens (tertiary/aromatic N) is 2. The molecule has 0 atom stereocenters. The van der Waals surface area contributed by atoms with Crippen molar-refractivity contribution in [1.82, 2.24) is 4.90 Å². The number of piperazine rings is 1. The van der Waals surface area contributed by atoms with Crippen molar-refractivity contribution >= 4 is 23.2 Å². The molecule has 0 radical (unpaired) electrons. The lowest BCUT2D eigenvalue weighted by Gasteiger charge is -2.36. The second kappa shape index (κ2) is 9.64. The van der Waals surface area contributed by atoms with Crippen LogP contribution in [0.2, 0.25) is 0 Å². The first-order valence-electron chi connectivity index (χ1n) is 10.8. The third-order valence-electron chi connectivity index (χ3n) is 5.78. The van der Waals surface area contributed by atoms with Gasteiger partial charge in [0.2, 0.25) is 0 Å². The summed E-state index contributed by atoms with van der Waals surface area (Å²) in [5.41, 5.74) is 3.59. The lowest BCUT2D eigenvalue weighted by Crippen LogP contribution is -2.48. The molecule has 4 rings (SSSR count). The maximum absolute atomic E-state index is 13.8. The Morgan fingerprint density at radius 1 is 0.875 bits per heavy atom. The number of benzene rings is 3. The van der Waals surface area contributed by atoms with E-state index in [0.29, 0.717) is 18.8 Å². The van der Waals surface area contributed by atoms with Crippen molar-refractivity contribution in [1.29, 1.82) is 0 Å². The van der Waals surface area contributed by atoms with Gasteiger partial charge >= 0.3 is 0 Å². The molecule has 0 spiro atoms. The maximum Gasteiger partial charge on any atom is 0.258 e. The number of hydrogen-bond donors (Lipinski definition) is 1. The van der Waals surface area contributed by atoms with E-state index in [2.05, 4.69) is 17.1 Å². The first-order chi connectivity index (χ1) is 15.5. The first kappa shape index (κ1) is 21.6. The van der Waals surface area contributed by atoms with Gasteiger partial charge in [-0.05, 0) is 60.5 Å². The number of anilines is 2. The van der Waals surface area contributed by atoms with Crippen LogP contribution in [-0.2, 0) is 6.42 Å². The van der Waals surface area contributed by atoms with Crippen molar-refractivity contribution in [2.75, 3.05) is 36.4 Å². The molecule has 1 saturated heterocycles. The topological polar surface area (TPSA) is 52.7 Å². The SMILES string of the molecule is CCc1ccc(C(=O)N2CCN(c3ccc(NC(=O)c4ccccc4F)cc3)CC2)cc1.